The van der Waals surface area contributed by atoms with Gasteiger partial charge in [0.2, 0.25) is 0 Å². The summed E-state index contributed by atoms with van der Waals surface area (Å²) in [6.45, 7) is 3.28. The number of morpholine rings is 1. The zero-order valence-corrected chi connectivity index (χ0v) is 16.0. The van der Waals surface area contributed by atoms with Gasteiger partial charge in [-0.3, -0.25) is 15.5 Å². The standard InChI is InChI=1S/C19H21N5O3S/c25-24(26)17-6-7-18(23-8-10-27-11-9-23)16(12-17)14-21-22-19(28)20-13-15-4-2-1-3-5-15/h1-7,12,14H,8-11,13H2,(H2,20,22,28)/b21-14-. The molecular formula is C19H21N5O3S. The number of benzene rings is 2. The lowest BCUT2D eigenvalue weighted by molar-refractivity contribution is -0.384. The molecule has 1 aliphatic rings. The second-order valence-electron chi connectivity index (χ2n) is 6.14. The first-order valence-electron chi connectivity index (χ1n) is 8.85. The van der Waals surface area contributed by atoms with E-state index in [-0.39, 0.29) is 5.69 Å². The predicted octanol–water partition coefficient (Wildman–Crippen LogP) is 2.43. The number of hydrogen-bond acceptors (Lipinski definition) is 6. The lowest BCUT2D eigenvalue weighted by Gasteiger charge is -2.29. The van der Waals surface area contributed by atoms with Crippen LogP contribution in [-0.2, 0) is 11.3 Å². The fourth-order valence-corrected chi connectivity index (χ4v) is 2.95. The molecule has 146 valence electrons. The van der Waals surface area contributed by atoms with Crippen molar-refractivity contribution in [2.75, 3.05) is 31.2 Å². The fourth-order valence-electron chi connectivity index (χ4n) is 2.83. The van der Waals surface area contributed by atoms with E-state index >= 15 is 0 Å². The van der Waals surface area contributed by atoms with Gasteiger partial charge in [-0.05, 0) is 23.8 Å². The Morgan fingerprint density at radius 3 is 2.71 bits per heavy atom. The molecule has 1 fully saturated rings. The largest absolute Gasteiger partial charge is 0.378 e. The Balaban J connectivity index is 1.66. The first-order valence-corrected chi connectivity index (χ1v) is 9.26. The lowest BCUT2D eigenvalue weighted by Crippen LogP contribution is -2.36. The summed E-state index contributed by atoms with van der Waals surface area (Å²) in [5.74, 6) is 0. The summed E-state index contributed by atoms with van der Waals surface area (Å²) < 4.78 is 5.38. The van der Waals surface area contributed by atoms with Crippen LogP contribution in [-0.4, -0.2) is 42.6 Å². The first kappa shape index (κ1) is 19.7. The summed E-state index contributed by atoms with van der Waals surface area (Å²) in [7, 11) is 0. The molecule has 1 saturated heterocycles. The number of anilines is 1. The van der Waals surface area contributed by atoms with Crippen LogP contribution < -0.4 is 15.6 Å². The van der Waals surface area contributed by atoms with Gasteiger partial charge in [-0.15, -0.1) is 0 Å². The molecule has 1 aliphatic heterocycles. The van der Waals surface area contributed by atoms with Crippen molar-refractivity contribution in [3.63, 3.8) is 0 Å². The number of hydrogen-bond donors (Lipinski definition) is 2. The van der Waals surface area contributed by atoms with Gasteiger partial charge in [0.15, 0.2) is 5.11 Å². The maximum absolute atomic E-state index is 11.1. The molecule has 2 aromatic rings. The zero-order chi connectivity index (χ0) is 19.8. The van der Waals surface area contributed by atoms with Crippen LogP contribution in [0, 0.1) is 10.1 Å². The van der Waals surface area contributed by atoms with E-state index in [4.69, 9.17) is 17.0 Å². The second-order valence-corrected chi connectivity index (χ2v) is 6.55. The van der Waals surface area contributed by atoms with E-state index in [1.165, 1.54) is 12.1 Å². The Kier molecular flexibility index (Phi) is 6.88. The lowest BCUT2D eigenvalue weighted by atomic mass is 10.1. The smallest absolute Gasteiger partial charge is 0.270 e. The van der Waals surface area contributed by atoms with E-state index in [2.05, 4.69) is 20.7 Å². The third-order valence-electron chi connectivity index (χ3n) is 4.24. The van der Waals surface area contributed by atoms with E-state index in [0.29, 0.717) is 30.4 Å². The maximum atomic E-state index is 11.1. The number of non-ortho nitro benzene ring substituents is 1. The second kappa shape index (κ2) is 9.77. The number of nitro groups is 1. The van der Waals surface area contributed by atoms with Crippen molar-refractivity contribution >= 4 is 34.9 Å². The molecule has 28 heavy (non-hydrogen) atoms. The van der Waals surface area contributed by atoms with Crippen LogP contribution >= 0.6 is 12.2 Å². The topological polar surface area (TPSA) is 92.0 Å². The average molecular weight is 399 g/mol. The van der Waals surface area contributed by atoms with Crippen LogP contribution in [0.3, 0.4) is 0 Å². The summed E-state index contributed by atoms with van der Waals surface area (Å²) in [6.07, 6.45) is 1.55. The van der Waals surface area contributed by atoms with Crippen LogP contribution in [0.25, 0.3) is 0 Å². The van der Waals surface area contributed by atoms with E-state index in [9.17, 15) is 10.1 Å². The Morgan fingerprint density at radius 2 is 2.00 bits per heavy atom. The zero-order valence-electron chi connectivity index (χ0n) is 15.2. The quantitative estimate of drug-likeness (QED) is 0.334. The van der Waals surface area contributed by atoms with Crippen molar-refractivity contribution in [3.05, 3.63) is 69.8 Å². The molecular weight excluding hydrogens is 378 g/mol. The van der Waals surface area contributed by atoms with Crippen molar-refractivity contribution in [3.8, 4) is 0 Å². The van der Waals surface area contributed by atoms with Gasteiger partial charge in [0.05, 0.1) is 24.4 Å². The van der Waals surface area contributed by atoms with Crippen LogP contribution in [0.5, 0.6) is 0 Å². The van der Waals surface area contributed by atoms with Crippen molar-refractivity contribution < 1.29 is 9.66 Å². The van der Waals surface area contributed by atoms with Crippen LogP contribution in [0.4, 0.5) is 11.4 Å². The van der Waals surface area contributed by atoms with E-state index in [1.807, 2.05) is 30.3 Å². The van der Waals surface area contributed by atoms with E-state index in [0.717, 1.165) is 24.3 Å². The molecule has 0 radical (unpaired) electrons. The van der Waals surface area contributed by atoms with Crippen LogP contribution in [0.1, 0.15) is 11.1 Å². The number of nitrogens with zero attached hydrogens (tertiary/aromatic N) is 3. The molecule has 9 heteroatoms. The summed E-state index contributed by atoms with van der Waals surface area (Å²) in [5, 5.41) is 18.7. The molecule has 0 amide bonds. The maximum Gasteiger partial charge on any atom is 0.270 e. The molecule has 0 atom stereocenters. The molecule has 3 rings (SSSR count). The number of nitrogens with one attached hydrogen (secondary N) is 2. The van der Waals surface area contributed by atoms with Crippen LogP contribution in [0.15, 0.2) is 53.6 Å². The molecule has 0 aromatic heterocycles. The van der Waals surface area contributed by atoms with Gasteiger partial charge < -0.3 is 15.0 Å². The Labute approximate surface area is 168 Å². The van der Waals surface area contributed by atoms with Crippen LogP contribution in [0.2, 0.25) is 0 Å². The van der Waals surface area contributed by atoms with E-state index < -0.39 is 4.92 Å². The summed E-state index contributed by atoms with van der Waals surface area (Å²) >= 11 is 5.22. The normalized spacial score (nSPS) is 14.1. The van der Waals surface area contributed by atoms with Crippen molar-refractivity contribution in [2.45, 2.75) is 6.54 Å². The predicted molar refractivity (Wildman–Crippen MR) is 113 cm³/mol. The van der Waals surface area contributed by atoms with Gasteiger partial charge in [-0.1, -0.05) is 30.3 Å². The molecule has 0 spiro atoms. The number of ether oxygens (including phenoxy) is 1. The van der Waals surface area contributed by atoms with Gasteiger partial charge in [-0.2, -0.15) is 5.10 Å². The molecule has 1 heterocycles. The SMILES string of the molecule is O=[N+]([O-])c1ccc(N2CCOCC2)c(/C=N\NC(=S)NCc2ccccc2)c1. The molecule has 0 unspecified atom stereocenters. The monoisotopic (exact) mass is 399 g/mol. The van der Waals surface area contributed by atoms with Crippen molar-refractivity contribution in [2.24, 2.45) is 5.10 Å². The highest BCUT2D eigenvalue weighted by atomic mass is 32.1. The summed E-state index contributed by atoms with van der Waals surface area (Å²) in [5.41, 5.74) is 5.40. The van der Waals surface area contributed by atoms with Gasteiger partial charge in [0, 0.05) is 43.0 Å². The molecule has 8 nitrogen and oxygen atoms in total. The minimum absolute atomic E-state index is 0.0169. The van der Waals surface area contributed by atoms with Crippen molar-refractivity contribution in [1.82, 2.24) is 10.7 Å². The fraction of sp³-hybridized carbons (Fsp3) is 0.263. The molecule has 0 bridgehead atoms. The van der Waals surface area contributed by atoms with Gasteiger partial charge in [0.1, 0.15) is 0 Å². The minimum atomic E-state index is -0.417. The van der Waals surface area contributed by atoms with E-state index in [1.54, 1.807) is 12.3 Å². The first-order chi connectivity index (χ1) is 13.6. The molecule has 0 saturated carbocycles. The summed E-state index contributed by atoms with van der Waals surface area (Å²) in [6, 6.07) is 14.6. The number of nitro benzene ring substituents is 1. The molecule has 2 aromatic carbocycles. The number of hydrazone groups is 1. The highest BCUT2D eigenvalue weighted by molar-refractivity contribution is 7.80. The van der Waals surface area contributed by atoms with Gasteiger partial charge >= 0.3 is 0 Å². The minimum Gasteiger partial charge on any atom is -0.378 e. The Morgan fingerprint density at radius 1 is 1.25 bits per heavy atom. The third kappa shape index (κ3) is 5.48. The van der Waals surface area contributed by atoms with Crippen molar-refractivity contribution in [1.29, 1.82) is 0 Å². The van der Waals surface area contributed by atoms with Gasteiger partial charge in [0.25, 0.3) is 5.69 Å². The highest BCUT2D eigenvalue weighted by Crippen LogP contribution is 2.25. The third-order valence-corrected chi connectivity index (χ3v) is 4.47. The average Bonchev–Trinajstić information content (AvgIpc) is 2.73. The molecule has 2 N–H and O–H groups in total. The molecule has 0 aliphatic carbocycles. The number of thiocarbonyl (C=S) groups is 1. The Bertz CT molecular complexity index is 854. The Hall–Kier alpha value is -3.04. The van der Waals surface area contributed by atoms with Gasteiger partial charge in [-0.25, -0.2) is 0 Å². The highest BCUT2D eigenvalue weighted by Gasteiger charge is 2.17. The number of rotatable bonds is 6. The summed E-state index contributed by atoms with van der Waals surface area (Å²) in [4.78, 5) is 12.8.